The summed E-state index contributed by atoms with van der Waals surface area (Å²) in [6.45, 7) is 4.60. The summed E-state index contributed by atoms with van der Waals surface area (Å²) in [5.74, 6) is -0.327. The van der Waals surface area contributed by atoms with Crippen LogP contribution in [-0.4, -0.2) is 67.2 Å². The molecule has 0 aromatic heterocycles. The second-order valence-electron chi connectivity index (χ2n) is 6.73. The monoisotopic (exact) mass is 364 g/mol. The molecule has 1 aromatic rings. The van der Waals surface area contributed by atoms with Crippen LogP contribution in [0.2, 0.25) is 0 Å². The number of rotatable bonds is 10. The van der Waals surface area contributed by atoms with Gasteiger partial charge in [0.05, 0.1) is 19.1 Å². The van der Waals surface area contributed by atoms with Gasteiger partial charge in [-0.05, 0) is 45.1 Å². The number of carbonyl (C=O) groups is 2. The number of carboxylic acid groups (broad SMARTS) is 1. The average Bonchev–Trinajstić information content (AvgIpc) is 2.94. The molecular weight excluding hydrogens is 336 g/mol. The van der Waals surface area contributed by atoms with E-state index in [9.17, 15) is 9.59 Å². The molecule has 0 spiro atoms. The van der Waals surface area contributed by atoms with Gasteiger partial charge in [0, 0.05) is 26.1 Å². The molecule has 0 aliphatic carbocycles. The van der Waals surface area contributed by atoms with E-state index in [4.69, 9.17) is 14.6 Å². The second kappa shape index (κ2) is 9.43. The Hall–Kier alpha value is -2.28. The highest BCUT2D eigenvalue weighted by atomic mass is 16.5. The fourth-order valence-electron chi connectivity index (χ4n) is 2.91. The first-order chi connectivity index (χ1) is 12.4. The van der Waals surface area contributed by atoms with E-state index in [1.165, 1.54) is 0 Å². The van der Waals surface area contributed by atoms with Gasteiger partial charge in [-0.25, -0.2) is 0 Å². The standard InChI is InChI=1S/C19H28N2O5/c1-4-25-17-10-14(6-7-16(17)26-9-5-8-20(2)3)12-21-13-15(19(23)24)11-18(21)22/h6-7,10,15H,4-5,8-9,11-13H2,1-3H3,(H,23,24). The zero-order valence-corrected chi connectivity index (χ0v) is 15.7. The van der Waals surface area contributed by atoms with E-state index in [0.717, 1.165) is 18.5 Å². The third kappa shape index (κ3) is 5.62. The normalized spacial score (nSPS) is 17.0. The molecule has 1 unspecified atom stereocenters. The number of hydrogen-bond acceptors (Lipinski definition) is 5. The third-order valence-corrected chi connectivity index (χ3v) is 4.25. The van der Waals surface area contributed by atoms with Crippen LogP contribution in [0, 0.1) is 5.92 Å². The predicted molar refractivity (Wildman–Crippen MR) is 97.4 cm³/mol. The minimum absolute atomic E-state index is 0.0702. The van der Waals surface area contributed by atoms with E-state index in [2.05, 4.69) is 4.90 Å². The molecule has 2 rings (SSSR count). The predicted octanol–water partition coefficient (Wildman–Crippen LogP) is 1.85. The van der Waals surface area contributed by atoms with E-state index < -0.39 is 11.9 Å². The molecule has 1 heterocycles. The van der Waals surface area contributed by atoms with Crippen molar-refractivity contribution in [1.82, 2.24) is 9.80 Å². The van der Waals surface area contributed by atoms with Crippen molar-refractivity contribution in [3.8, 4) is 11.5 Å². The smallest absolute Gasteiger partial charge is 0.308 e. The van der Waals surface area contributed by atoms with Crippen LogP contribution in [-0.2, 0) is 16.1 Å². The maximum absolute atomic E-state index is 12.0. The summed E-state index contributed by atoms with van der Waals surface area (Å²) in [5, 5.41) is 9.08. The van der Waals surface area contributed by atoms with Gasteiger partial charge in [0.15, 0.2) is 11.5 Å². The van der Waals surface area contributed by atoms with Crippen LogP contribution in [0.25, 0.3) is 0 Å². The molecule has 0 radical (unpaired) electrons. The summed E-state index contributed by atoms with van der Waals surface area (Å²) in [6, 6.07) is 5.61. The minimum atomic E-state index is -0.919. The second-order valence-corrected chi connectivity index (χ2v) is 6.73. The maximum atomic E-state index is 12.0. The van der Waals surface area contributed by atoms with Crippen LogP contribution in [0.5, 0.6) is 11.5 Å². The Balaban J connectivity index is 2.00. The summed E-state index contributed by atoms with van der Waals surface area (Å²) < 4.78 is 11.5. The molecule has 1 fully saturated rings. The number of carbonyl (C=O) groups excluding carboxylic acids is 1. The van der Waals surface area contributed by atoms with E-state index >= 15 is 0 Å². The third-order valence-electron chi connectivity index (χ3n) is 4.25. The van der Waals surface area contributed by atoms with Gasteiger partial charge in [0.1, 0.15) is 0 Å². The van der Waals surface area contributed by atoms with Crippen molar-refractivity contribution in [1.29, 1.82) is 0 Å². The first-order valence-corrected chi connectivity index (χ1v) is 8.94. The van der Waals surface area contributed by atoms with Crippen LogP contribution in [0.15, 0.2) is 18.2 Å². The Kier molecular flexibility index (Phi) is 7.26. The topological polar surface area (TPSA) is 79.3 Å². The van der Waals surface area contributed by atoms with Crippen molar-refractivity contribution in [2.24, 2.45) is 5.92 Å². The number of carboxylic acids is 1. The SMILES string of the molecule is CCOc1cc(CN2CC(C(=O)O)CC2=O)ccc1OCCCN(C)C. The number of amides is 1. The van der Waals surface area contributed by atoms with Gasteiger partial charge in [-0.15, -0.1) is 0 Å². The van der Waals surface area contributed by atoms with Crippen molar-refractivity contribution >= 4 is 11.9 Å². The Bertz CT molecular complexity index is 632. The van der Waals surface area contributed by atoms with E-state index in [1.54, 1.807) is 4.90 Å². The Morgan fingerprint density at radius 3 is 2.69 bits per heavy atom. The lowest BCUT2D eigenvalue weighted by atomic mass is 10.1. The number of aliphatic carboxylic acids is 1. The van der Waals surface area contributed by atoms with Crippen molar-refractivity contribution in [3.63, 3.8) is 0 Å². The molecule has 1 saturated heterocycles. The molecule has 7 nitrogen and oxygen atoms in total. The van der Waals surface area contributed by atoms with Crippen LogP contribution < -0.4 is 9.47 Å². The van der Waals surface area contributed by atoms with Crippen LogP contribution in [0.3, 0.4) is 0 Å². The van der Waals surface area contributed by atoms with Crippen molar-refractivity contribution < 1.29 is 24.2 Å². The Morgan fingerprint density at radius 1 is 1.31 bits per heavy atom. The van der Waals surface area contributed by atoms with Gasteiger partial charge < -0.3 is 24.4 Å². The molecule has 1 N–H and O–H groups in total. The van der Waals surface area contributed by atoms with E-state index in [1.807, 2.05) is 39.2 Å². The zero-order chi connectivity index (χ0) is 19.1. The van der Waals surface area contributed by atoms with Crippen molar-refractivity contribution in [3.05, 3.63) is 23.8 Å². The number of benzene rings is 1. The molecule has 1 aliphatic heterocycles. The fraction of sp³-hybridized carbons (Fsp3) is 0.579. The summed E-state index contributed by atoms with van der Waals surface area (Å²) in [6.07, 6.45) is 0.986. The average molecular weight is 364 g/mol. The van der Waals surface area contributed by atoms with Gasteiger partial charge in [-0.1, -0.05) is 6.07 Å². The van der Waals surface area contributed by atoms with Crippen molar-refractivity contribution in [2.75, 3.05) is 40.4 Å². The van der Waals surface area contributed by atoms with Crippen molar-refractivity contribution in [2.45, 2.75) is 26.3 Å². The van der Waals surface area contributed by atoms with Crippen LogP contribution in [0.4, 0.5) is 0 Å². The minimum Gasteiger partial charge on any atom is -0.490 e. The highest BCUT2D eigenvalue weighted by molar-refractivity contribution is 5.86. The first kappa shape index (κ1) is 20.0. The van der Waals surface area contributed by atoms with Gasteiger partial charge in [-0.3, -0.25) is 9.59 Å². The van der Waals surface area contributed by atoms with Gasteiger partial charge >= 0.3 is 5.97 Å². The first-order valence-electron chi connectivity index (χ1n) is 8.94. The molecule has 1 amide bonds. The summed E-state index contributed by atoms with van der Waals surface area (Å²) in [7, 11) is 4.05. The number of hydrogen-bond donors (Lipinski definition) is 1. The maximum Gasteiger partial charge on any atom is 0.308 e. The van der Waals surface area contributed by atoms with Crippen LogP contribution in [0.1, 0.15) is 25.3 Å². The number of ether oxygens (including phenoxy) is 2. The Morgan fingerprint density at radius 2 is 2.08 bits per heavy atom. The number of likely N-dealkylation sites (tertiary alicyclic amines) is 1. The molecule has 0 saturated carbocycles. The molecule has 1 aliphatic rings. The van der Waals surface area contributed by atoms with Gasteiger partial charge in [0.2, 0.25) is 5.91 Å². The molecule has 144 valence electrons. The highest BCUT2D eigenvalue weighted by Gasteiger charge is 2.34. The fourth-order valence-corrected chi connectivity index (χ4v) is 2.91. The summed E-state index contributed by atoms with van der Waals surface area (Å²) in [4.78, 5) is 26.8. The van der Waals surface area contributed by atoms with Gasteiger partial charge in [0.25, 0.3) is 0 Å². The van der Waals surface area contributed by atoms with E-state index in [0.29, 0.717) is 31.3 Å². The Labute approximate surface area is 154 Å². The molecule has 26 heavy (non-hydrogen) atoms. The summed E-state index contributed by atoms with van der Waals surface area (Å²) >= 11 is 0. The van der Waals surface area contributed by atoms with Crippen LogP contribution >= 0.6 is 0 Å². The lowest BCUT2D eigenvalue weighted by Crippen LogP contribution is -2.25. The largest absolute Gasteiger partial charge is 0.490 e. The number of nitrogens with zero attached hydrogens (tertiary/aromatic N) is 2. The zero-order valence-electron chi connectivity index (χ0n) is 15.7. The lowest BCUT2D eigenvalue weighted by molar-refractivity contribution is -0.141. The quantitative estimate of drug-likeness (QED) is 0.638. The molecular formula is C19H28N2O5. The highest BCUT2D eigenvalue weighted by Crippen LogP contribution is 2.30. The van der Waals surface area contributed by atoms with Gasteiger partial charge in [-0.2, -0.15) is 0 Å². The lowest BCUT2D eigenvalue weighted by Gasteiger charge is -2.18. The van der Waals surface area contributed by atoms with E-state index in [-0.39, 0.29) is 18.9 Å². The molecule has 7 heteroatoms. The molecule has 0 bridgehead atoms. The molecule has 1 atom stereocenters. The summed E-state index contributed by atoms with van der Waals surface area (Å²) in [5.41, 5.74) is 0.897. The molecule has 1 aromatic carbocycles.